The lowest BCUT2D eigenvalue weighted by Crippen LogP contribution is -2.47. The Morgan fingerprint density at radius 3 is 2.40 bits per heavy atom. The van der Waals surface area contributed by atoms with Gasteiger partial charge in [-0.25, -0.2) is 0 Å². The second kappa shape index (κ2) is 8.67. The number of halogens is 1. The van der Waals surface area contributed by atoms with Crippen molar-refractivity contribution >= 4 is 23.4 Å². The Morgan fingerprint density at radius 1 is 1.12 bits per heavy atom. The lowest BCUT2D eigenvalue weighted by atomic mass is 10.1. The van der Waals surface area contributed by atoms with Crippen LogP contribution < -0.4 is 5.32 Å². The van der Waals surface area contributed by atoms with Gasteiger partial charge in [-0.3, -0.25) is 9.59 Å². The fourth-order valence-electron chi connectivity index (χ4n) is 2.61. The van der Waals surface area contributed by atoms with Crippen LogP contribution in [-0.4, -0.2) is 29.8 Å². The van der Waals surface area contributed by atoms with Gasteiger partial charge >= 0.3 is 0 Å². The number of benzene rings is 2. The standard InChI is InChI=1S/C20H23ClN2O2/c1-14-7-9-16(10-8-14)12-19(24)23(15(2)20(25)22-3)13-17-5-4-6-18(21)11-17/h4-11,15H,12-13H2,1-3H3,(H,22,25). The van der Waals surface area contributed by atoms with Gasteiger partial charge in [-0.15, -0.1) is 0 Å². The second-order valence-electron chi connectivity index (χ2n) is 6.10. The van der Waals surface area contributed by atoms with E-state index in [9.17, 15) is 9.59 Å². The average Bonchev–Trinajstić information content (AvgIpc) is 2.60. The summed E-state index contributed by atoms with van der Waals surface area (Å²) in [4.78, 5) is 26.5. The van der Waals surface area contributed by atoms with Crippen molar-refractivity contribution in [1.29, 1.82) is 0 Å². The Hall–Kier alpha value is -2.33. The smallest absolute Gasteiger partial charge is 0.242 e. The third-order valence-electron chi connectivity index (χ3n) is 4.13. The number of aryl methyl sites for hydroxylation is 1. The molecule has 0 saturated heterocycles. The summed E-state index contributed by atoms with van der Waals surface area (Å²) in [7, 11) is 1.57. The summed E-state index contributed by atoms with van der Waals surface area (Å²) in [5.74, 6) is -0.292. The van der Waals surface area contributed by atoms with Gasteiger partial charge in [0.1, 0.15) is 6.04 Å². The van der Waals surface area contributed by atoms with Crippen LogP contribution in [0.1, 0.15) is 23.6 Å². The molecule has 0 aliphatic heterocycles. The molecule has 1 unspecified atom stereocenters. The van der Waals surface area contributed by atoms with Gasteiger partial charge in [0.15, 0.2) is 0 Å². The maximum Gasteiger partial charge on any atom is 0.242 e. The molecule has 132 valence electrons. The average molecular weight is 359 g/mol. The van der Waals surface area contributed by atoms with Crippen molar-refractivity contribution < 1.29 is 9.59 Å². The fraction of sp³-hybridized carbons (Fsp3) is 0.300. The summed E-state index contributed by atoms with van der Waals surface area (Å²) < 4.78 is 0. The zero-order chi connectivity index (χ0) is 18.4. The van der Waals surface area contributed by atoms with Gasteiger partial charge < -0.3 is 10.2 Å². The number of hydrogen-bond donors (Lipinski definition) is 1. The first-order valence-electron chi connectivity index (χ1n) is 8.21. The Kier molecular flexibility index (Phi) is 6.59. The van der Waals surface area contributed by atoms with Gasteiger partial charge in [0.2, 0.25) is 11.8 Å². The molecule has 2 rings (SSSR count). The van der Waals surface area contributed by atoms with E-state index in [1.807, 2.05) is 49.4 Å². The van der Waals surface area contributed by atoms with Crippen molar-refractivity contribution in [2.75, 3.05) is 7.05 Å². The van der Waals surface area contributed by atoms with Gasteiger partial charge in [-0.1, -0.05) is 53.6 Å². The quantitative estimate of drug-likeness (QED) is 0.860. The molecule has 0 bridgehead atoms. The highest BCUT2D eigenvalue weighted by atomic mass is 35.5. The highest BCUT2D eigenvalue weighted by molar-refractivity contribution is 6.30. The summed E-state index contributed by atoms with van der Waals surface area (Å²) >= 11 is 6.04. The van der Waals surface area contributed by atoms with E-state index in [2.05, 4.69) is 5.32 Å². The molecule has 0 aromatic heterocycles. The molecule has 2 aromatic carbocycles. The number of carbonyl (C=O) groups is 2. The molecule has 0 fully saturated rings. The van der Waals surface area contributed by atoms with E-state index >= 15 is 0 Å². The molecule has 25 heavy (non-hydrogen) atoms. The molecule has 5 heteroatoms. The number of nitrogens with zero attached hydrogens (tertiary/aromatic N) is 1. The summed E-state index contributed by atoms with van der Waals surface area (Å²) in [6.45, 7) is 4.07. The van der Waals surface area contributed by atoms with Crippen LogP contribution in [0.3, 0.4) is 0 Å². The molecule has 0 saturated carbocycles. The topological polar surface area (TPSA) is 49.4 Å². The molecule has 0 radical (unpaired) electrons. The minimum atomic E-state index is -0.568. The second-order valence-corrected chi connectivity index (χ2v) is 6.54. The number of amides is 2. The molecular formula is C20H23ClN2O2. The maximum atomic E-state index is 12.9. The Balaban J connectivity index is 2.21. The van der Waals surface area contributed by atoms with Crippen LogP contribution in [0.15, 0.2) is 48.5 Å². The van der Waals surface area contributed by atoms with Crippen molar-refractivity contribution in [2.45, 2.75) is 32.9 Å². The van der Waals surface area contributed by atoms with Gasteiger partial charge in [0, 0.05) is 18.6 Å². The van der Waals surface area contributed by atoms with E-state index in [-0.39, 0.29) is 18.2 Å². The van der Waals surface area contributed by atoms with E-state index in [1.54, 1.807) is 24.9 Å². The number of likely N-dealkylation sites (N-methyl/N-ethyl adjacent to an activating group) is 1. The predicted molar refractivity (Wildman–Crippen MR) is 100 cm³/mol. The number of carbonyl (C=O) groups excluding carboxylic acids is 2. The fourth-order valence-corrected chi connectivity index (χ4v) is 2.82. The lowest BCUT2D eigenvalue weighted by molar-refractivity contribution is -0.139. The van der Waals surface area contributed by atoms with Crippen LogP contribution in [0, 0.1) is 6.92 Å². The first-order valence-corrected chi connectivity index (χ1v) is 8.59. The van der Waals surface area contributed by atoms with E-state index in [0.29, 0.717) is 11.6 Å². The Labute approximate surface area is 153 Å². The van der Waals surface area contributed by atoms with Crippen LogP contribution in [-0.2, 0) is 22.6 Å². The number of nitrogens with one attached hydrogen (secondary N) is 1. The molecule has 0 aliphatic carbocycles. The highest BCUT2D eigenvalue weighted by Crippen LogP contribution is 2.16. The largest absolute Gasteiger partial charge is 0.357 e. The van der Waals surface area contributed by atoms with Gasteiger partial charge in [0.25, 0.3) is 0 Å². The zero-order valence-corrected chi connectivity index (χ0v) is 15.5. The van der Waals surface area contributed by atoms with Crippen LogP contribution >= 0.6 is 11.6 Å². The molecule has 4 nitrogen and oxygen atoms in total. The van der Waals surface area contributed by atoms with Crippen LogP contribution in [0.4, 0.5) is 0 Å². The Bertz CT molecular complexity index is 744. The van der Waals surface area contributed by atoms with E-state index < -0.39 is 6.04 Å². The van der Waals surface area contributed by atoms with E-state index in [1.165, 1.54) is 0 Å². The molecule has 2 amide bonds. The lowest BCUT2D eigenvalue weighted by Gasteiger charge is -2.28. The normalized spacial score (nSPS) is 11.7. The molecule has 0 aliphatic rings. The van der Waals surface area contributed by atoms with Crippen molar-refractivity contribution in [1.82, 2.24) is 10.2 Å². The van der Waals surface area contributed by atoms with Crippen molar-refractivity contribution in [3.05, 3.63) is 70.2 Å². The van der Waals surface area contributed by atoms with Gasteiger partial charge in [-0.05, 0) is 37.1 Å². The van der Waals surface area contributed by atoms with Crippen LogP contribution in [0.5, 0.6) is 0 Å². The highest BCUT2D eigenvalue weighted by Gasteiger charge is 2.25. The van der Waals surface area contributed by atoms with Gasteiger partial charge in [0.05, 0.1) is 6.42 Å². The molecule has 1 atom stereocenters. The third kappa shape index (κ3) is 5.33. The third-order valence-corrected chi connectivity index (χ3v) is 4.37. The van der Waals surface area contributed by atoms with Gasteiger partial charge in [-0.2, -0.15) is 0 Å². The van der Waals surface area contributed by atoms with E-state index in [4.69, 9.17) is 11.6 Å². The molecule has 0 spiro atoms. The van der Waals surface area contributed by atoms with Crippen molar-refractivity contribution in [3.8, 4) is 0 Å². The monoisotopic (exact) mass is 358 g/mol. The van der Waals surface area contributed by atoms with Crippen LogP contribution in [0.2, 0.25) is 5.02 Å². The summed E-state index contributed by atoms with van der Waals surface area (Å²) in [5, 5.41) is 3.22. The number of rotatable bonds is 6. The molecule has 0 heterocycles. The van der Waals surface area contributed by atoms with Crippen molar-refractivity contribution in [3.63, 3.8) is 0 Å². The van der Waals surface area contributed by atoms with Crippen molar-refractivity contribution in [2.24, 2.45) is 0 Å². The summed E-state index contributed by atoms with van der Waals surface area (Å²) in [6.07, 6.45) is 0.252. The first-order chi connectivity index (χ1) is 11.9. The predicted octanol–water partition coefficient (Wildman–Crippen LogP) is 3.35. The Morgan fingerprint density at radius 2 is 1.80 bits per heavy atom. The molecule has 2 aromatic rings. The first kappa shape index (κ1) is 19.0. The van der Waals surface area contributed by atoms with Crippen LogP contribution in [0.25, 0.3) is 0 Å². The minimum Gasteiger partial charge on any atom is -0.357 e. The van der Waals surface area contributed by atoms with E-state index in [0.717, 1.165) is 16.7 Å². The molecule has 1 N–H and O–H groups in total. The summed E-state index contributed by atoms with van der Waals surface area (Å²) in [6, 6.07) is 14.6. The zero-order valence-electron chi connectivity index (χ0n) is 14.8. The summed E-state index contributed by atoms with van der Waals surface area (Å²) in [5.41, 5.74) is 2.96. The minimum absolute atomic E-state index is 0.0973. The SMILES string of the molecule is CNC(=O)C(C)N(Cc1cccc(Cl)c1)C(=O)Cc1ccc(C)cc1. The maximum absolute atomic E-state index is 12.9. The number of hydrogen-bond acceptors (Lipinski definition) is 2. The molecular weight excluding hydrogens is 336 g/mol.